The lowest BCUT2D eigenvalue weighted by Crippen LogP contribution is -2.54. The SMILES string of the molecule is C[C@H](C(=O)N1CCSCC1)[C@H]1CC[C@@]2(C)Cc3sc(NC(=O)CC(C)(C)C)nc3[C@@H](C)[C@@H]2[C@H]1O. The predicted molar refractivity (Wildman–Crippen MR) is 140 cm³/mol. The summed E-state index contributed by atoms with van der Waals surface area (Å²) in [5.74, 6) is 2.17. The van der Waals surface area contributed by atoms with E-state index in [0.29, 0.717) is 11.6 Å². The van der Waals surface area contributed by atoms with Gasteiger partial charge in [0.2, 0.25) is 11.8 Å². The molecule has 2 fully saturated rings. The van der Waals surface area contributed by atoms with Crippen molar-refractivity contribution in [2.75, 3.05) is 29.9 Å². The van der Waals surface area contributed by atoms with Crippen molar-refractivity contribution < 1.29 is 14.7 Å². The lowest BCUT2D eigenvalue weighted by molar-refractivity contribution is -0.144. The summed E-state index contributed by atoms with van der Waals surface area (Å²) in [6, 6.07) is 0. The van der Waals surface area contributed by atoms with Gasteiger partial charge >= 0.3 is 0 Å². The fourth-order valence-corrected chi connectivity index (χ4v) is 8.68. The van der Waals surface area contributed by atoms with E-state index >= 15 is 0 Å². The average Bonchev–Trinajstić information content (AvgIpc) is 3.13. The molecule has 1 saturated heterocycles. The normalized spacial score (nSPS) is 32.5. The number of nitrogens with one attached hydrogen (secondary N) is 1. The van der Waals surface area contributed by atoms with Gasteiger partial charge < -0.3 is 15.3 Å². The lowest BCUT2D eigenvalue weighted by atomic mass is 9.53. The number of amides is 2. The maximum absolute atomic E-state index is 13.2. The maximum Gasteiger partial charge on any atom is 0.226 e. The van der Waals surface area contributed by atoms with Gasteiger partial charge in [-0.15, -0.1) is 11.3 Å². The van der Waals surface area contributed by atoms with Crippen molar-refractivity contribution in [3.63, 3.8) is 0 Å². The smallest absolute Gasteiger partial charge is 0.226 e. The molecule has 0 radical (unpaired) electrons. The summed E-state index contributed by atoms with van der Waals surface area (Å²) in [5, 5.41) is 15.3. The summed E-state index contributed by atoms with van der Waals surface area (Å²) < 4.78 is 0. The van der Waals surface area contributed by atoms with Gasteiger partial charge in [0.05, 0.1) is 11.8 Å². The van der Waals surface area contributed by atoms with Gasteiger partial charge in [-0.05, 0) is 41.9 Å². The number of nitrogens with zero attached hydrogens (tertiary/aromatic N) is 2. The largest absolute Gasteiger partial charge is 0.392 e. The number of anilines is 1. The molecular weight excluding hydrogens is 466 g/mol. The zero-order valence-electron chi connectivity index (χ0n) is 21.5. The molecule has 3 aliphatic rings. The Kier molecular flexibility index (Phi) is 7.43. The number of thioether (sulfide) groups is 1. The summed E-state index contributed by atoms with van der Waals surface area (Å²) in [7, 11) is 0. The van der Waals surface area contributed by atoms with E-state index in [1.807, 2.05) is 23.6 Å². The molecular formula is C26H41N3O3S2. The monoisotopic (exact) mass is 507 g/mol. The highest BCUT2D eigenvalue weighted by Crippen LogP contribution is 2.57. The van der Waals surface area contributed by atoms with Crippen LogP contribution in [0.4, 0.5) is 5.13 Å². The molecule has 1 saturated carbocycles. The van der Waals surface area contributed by atoms with Crippen LogP contribution in [0.2, 0.25) is 0 Å². The minimum absolute atomic E-state index is 0.00146. The van der Waals surface area contributed by atoms with Crippen LogP contribution < -0.4 is 5.32 Å². The second-order valence-corrected chi connectivity index (χ2v) is 14.5. The van der Waals surface area contributed by atoms with Crippen LogP contribution in [-0.4, -0.2) is 57.5 Å². The topological polar surface area (TPSA) is 82.5 Å². The Balaban J connectivity index is 1.51. The second kappa shape index (κ2) is 9.74. The highest BCUT2D eigenvalue weighted by Gasteiger charge is 2.54. The maximum atomic E-state index is 13.2. The van der Waals surface area contributed by atoms with Crippen molar-refractivity contribution >= 4 is 40.0 Å². The Labute approximate surface area is 212 Å². The van der Waals surface area contributed by atoms with Crippen LogP contribution in [0.3, 0.4) is 0 Å². The fourth-order valence-electron chi connectivity index (χ4n) is 6.50. The van der Waals surface area contributed by atoms with Crippen LogP contribution in [-0.2, 0) is 16.0 Å². The average molecular weight is 508 g/mol. The summed E-state index contributed by atoms with van der Waals surface area (Å²) >= 11 is 3.50. The number of thiazole rings is 1. The molecule has 0 aromatic carbocycles. The third-order valence-corrected chi connectivity index (χ3v) is 10.1. The van der Waals surface area contributed by atoms with Crippen LogP contribution in [0.1, 0.15) is 77.3 Å². The molecule has 2 amide bonds. The zero-order chi connectivity index (χ0) is 24.8. The first-order valence-electron chi connectivity index (χ1n) is 12.7. The van der Waals surface area contributed by atoms with Crippen LogP contribution >= 0.6 is 23.1 Å². The number of rotatable bonds is 4. The molecule has 1 aliphatic heterocycles. The number of hydrogen-bond donors (Lipinski definition) is 2. The highest BCUT2D eigenvalue weighted by molar-refractivity contribution is 7.99. The molecule has 1 aromatic rings. The van der Waals surface area contributed by atoms with E-state index in [1.54, 1.807) is 11.3 Å². The fraction of sp³-hybridized carbons (Fsp3) is 0.808. The molecule has 1 aromatic heterocycles. The molecule has 2 heterocycles. The van der Waals surface area contributed by atoms with Gasteiger partial charge in [0.25, 0.3) is 0 Å². The summed E-state index contributed by atoms with van der Waals surface area (Å²) in [5.41, 5.74) is 0.925. The van der Waals surface area contributed by atoms with E-state index in [2.05, 4.69) is 39.9 Å². The Morgan fingerprint density at radius 1 is 1.29 bits per heavy atom. The number of hydrogen-bond acceptors (Lipinski definition) is 6. The van der Waals surface area contributed by atoms with Gasteiger partial charge in [0, 0.05) is 47.7 Å². The van der Waals surface area contributed by atoms with Gasteiger partial charge in [0.1, 0.15) is 0 Å². The van der Waals surface area contributed by atoms with Crippen LogP contribution in [0.15, 0.2) is 0 Å². The quantitative estimate of drug-likeness (QED) is 0.613. The van der Waals surface area contributed by atoms with Gasteiger partial charge in [-0.25, -0.2) is 4.98 Å². The van der Waals surface area contributed by atoms with Crippen molar-refractivity contribution in [1.29, 1.82) is 0 Å². The number of fused-ring (bicyclic) bond motifs is 2. The molecule has 0 unspecified atom stereocenters. The van der Waals surface area contributed by atoms with Crippen molar-refractivity contribution in [3.05, 3.63) is 10.6 Å². The van der Waals surface area contributed by atoms with Crippen molar-refractivity contribution in [3.8, 4) is 0 Å². The molecule has 4 rings (SSSR count). The standard InChI is InChI=1S/C26H41N3O3S2/c1-15(23(32)29-9-11-33-12-10-29)17-7-8-26(6)13-18-21(16(2)20(26)22(17)31)28-24(34-18)27-19(30)14-25(3,4)5/h15-17,20,22,31H,7-14H2,1-6H3,(H,27,28,30)/t15-,16-,17+,20+,22-,26-/m0/s1. The van der Waals surface area contributed by atoms with E-state index < -0.39 is 6.10 Å². The van der Waals surface area contributed by atoms with Gasteiger partial charge in [-0.2, -0.15) is 11.8 Å². The predicted octanol–water partition coefficient (Wildman–Crippen LogP) is 4.78. The van der Waals surface area contributed by atoms with Crippen LogP contribution in [0.25, 0.3) is 0 Å². The third kappa shape index (κ3) is 5.19. The number of carbonyl (C=O) groups excluding carboxylic acids is 2. The molecule has 2 N–H and O–H groups in total. The van der Waals surface area contributed by atoms with E-state index in [1.165, 1.54) is 4.88 Å². The van der Waals surface area contributed by atoms with Gasteiger partial charge in [-0.1, -0.05) is 41.5 Å². The van der Waals surface area contributed by atoms with Crippen molar-refractivity contribution in [2.24, 2.45) is 28.6 Å². The minimum Gasteiger partial charge on any atom is -0.392 e. The first kappa shape index (κ1) is 26.0. The molecule has 0 bridgehead atoms. The molecule has 0 spiro atoms. The number of aromatic nitrogens is 1. The summed E-state index contributed by atoms with van der Waals surface area (Å²) in [6.07, 6.45) is 2.68. The molecule has 6 atom stereocenters. The Morgan fingerprint density at radius 2 is 1.97 bits per heavy atom. The third-order valence-electron chi connectivity index (χ3n) is 8.21. The first-order chi connectivity index (χ1) is 15.9. The van der Waals surface area contributed by atoms with Crippen LogP contribution in [0, 0.1) is 28.6 Å². The first-order valence-corrected chi connectivity index (χ1v) is 14.7. The van der Waals surface area contributed by atoms with E-state index in [-0.39, 0.29) is 46.3 Å². The number of carbonyl (C=O) groups is 2. The summed E-state index contributed by atoms with van der Waals surface area (Å²) in [6.45, 7) is 14.3. The van der Waals surface area contributed by atoms with E-state index in [0.717, 1.165) is 49.6 Å². The van der Waals surface area contributed by atoms with Crippen molar-refractivity contribution in [2.45, 2.75) is 79.2 Å². The molecule has 8 heteroatoms. The van der Waals surface area contributed by atoms with Gasteiger partial charge in [0.15, 0.2) is 5.13 Å². The second-order valence-electron chi connectivity index (χ2n) is 12.2. The Bertz CT molecular complexity index is 921. The molecule has 190 valence electrons. The molecule has 6 nitrogen and oxygen atoms in total. The lowest BCUT2D eigenvalue weighted by Gasteiger charge is -2.53. The number of aliphatic hydroxyl groups is 1. The zero-order valence-corrected chi connectivity index (χ0v) is 23.2. The Hall–Kier alpha value is -1.12. The molecule has 2 aliphatic carbocycles. The van der Waals surface area contributed by atoms with E-state index in [4.69, 9.17) is 4.98 Å². The molecule has 34 heavy (non-hydrogen) atoms. The van der Waals surface area contributed by atoms with E-state index in [9.17, 15) is 14.7 Å². The minimum atomic E-state index is -0.527. The Morgan fingerprint density at radius 3 is 2.62 bits per heavy atom. The van der Waals surface area contributed by atoms with Crippen molar-refractivity contribution in [1.82, 2.24) is 9.88 Å². The van der Waals surface area contributed by atoms with Crippen LogP contribution in [0.5, 0.6) is 0 Å². The van der Waals surface area contributed by atoms with Gasteiger partial charge in [-0.3, -0.25) is 9.59 Å². The highest BCUT2D eigenvalue weighted by atomic mass is 32.2. The summed E-state index contributed by atoms with van der Waals surface area (Å²) in [4.78, 5) is 33.8. The number of aliphatic hydroxyl groups excluding tert-OH is 1.